The molecule has 0 saturated carbocycles. The zero-order chi connectivity index (χ0) is 10.8. The summed E-state index contributed by atoms with van der Waals surface area (Å²) < 4.78 is 18.6. The third kappa shape index (κ3) is 1.84. The van der Waals surface area contributed by atoms with E-state index in [1.165, 1.54) is 13.2 Å². The fourth-order valence-corrected chi connectivity index (χ4v) is 2.24. The first kappa shape index (κ1) is 10.4. The van der Waals surface area contributed by atoms with Gasteiger partial charge < -0.3 is 10.1 Å². The Bertz CT molecular complexity index is 353. The number of hydrogen-bond acceptors (Lipinski definition) is 2. The molecule has 0 amide bonds. The van der Waals surface area contributed by atoms with Crippen molar-refractivity contribution in [3.8, 4) is 5.75 Å². The molecule has 2 nitrogen and oxygen atoms in total. The SMILES string of the molecule is COc1c(F)cccc1[C@@H]1NCC[C@H]1C. The highest BCUT2D eigenvalue weighted by Crippen LogP contribution is 2.35. The molecule has 1 N–H and O–H groups in total. The van der Waals surface area contributed by atoms with Gasteiger partial charge in [0.25, 0.3) is 0 Å². The summed E-state index contributed by atoms with van der Waals surface area (Å²) in [5, 5.41) is 3.38. The molecular weight excluding hydrogens is 193 g/mol. The summed E-state index contributed by atoms with van der Waals surface area (Å²) in [7, 11) is 1.52. The smallest absolute Gasteiger partial charge is 0.165 e. The highest BCUT2D eigenvalue weighted by molar-refractivity contribution is 5.38. The Hall–Kier alpha value is -1.09. The first-order valence-corrected chi connectivity index (χ1v) is 5.30. The third-order valence-electron chi connectivity index (χ3n) is 3.07. The number of methoxy groups -OCH3 is 1. The van der Waals surface area contributed by atoms with E-state index in [0.29, 0.717) is 11.7 Å². The standard InChI is InChI=1S/C12H16FNO/c1-8-6-7-14-11(8)9-4-3-5-10(13)12(9)15-2/h3-5,8,11,14H,6-7H2,1-2H3/t8-,11-/m1/s1. The van der Waals surface area contributed by atoms with Crippen LogP contribution in [0.15, 0.2) is 18.2 Å². The van der Waals surface area contributed by atoms with Gasteiger partial charge in [0.15, 0.2) is 11.6 Å². The van der Waals surface area contributed by atoms with Crippen LogP contribution in [0.5, 0.6) is 5.75 Å². The maximum absolute atomic E-state index is 13.5. The van der Waals surface area contributed by atoms with Crippen LogP contribution < -0.4 is 10.1 Å². The number of rotatable bonds is 2. The van der Waals surface area contributed by atoms with Crippen molar-refractivity contribution >= 4 is 0 Å². The number of nitrogens with one attached hydrogen (secondary N) is 1. The van der Waals surface area contributed by atoms with Gasteiger partial charge in [-0.05, 0) is 24.9 Å². The second-order valence-electron chi connectivity index (χ2n) is 4.06. The predicted molar refractivity (Wildman–Crippen MR) is 57.5 cm³/mol. The number of benzene rings is 1. The number of halogens is 1. The maximum atomic E-state index is 13.5. The Balaban J connectivity index is 2.38. The van der Waals surface area contributed by atoms with Crippen LogP contribution in [0, 0.1) is 11.7 Å². The Morgan fingerprint density at radius 2 is 2.27 bits per heavy atom. The molecular formula is C12H16FNO. The van der Waals surface area contributed by atoms with Gasteiger partial charge in [0.05, 0.1) is 7.11 Å². The summed E-state index contributed by atoms with van der Waals surface area (Å²) in [4.78, 5) is 0. The van der Waals surface area contributed by atoms with Gasteiger partial charge in [0.1, 0.15) is 0 Å². The summed E-state index contributed by atoms with van der Waals surface area (Å²) >= 11 is 0. The van der Waals surface area contributed by atoms with Crippen molar-refractivity contribution in [2.45, 2.75) is 19.4 Å². The minimum Gasteiger partial charge on any atom is -0.493 e. The van der Waals surface area contributed by atoms with Crippen LogP contribution in [0.2, 0.25) is 0 Å². The lowest BCUT2D eigenvalue weighted by Gasteiger charge is -2.19. The van der Waals surface area contributed by atoms with Crippen LogP contribution in [0.25, 0.3) is 0 Å². The molecule has 15 heavy (non-hydrogen) atoms. The molecule has 1 saturated heterocycles. The van der Waals surface area contributed by atoms with Crippen LogP contribution in [0.1, 0.15) is 24.9 Å². The van der Waals surface area contributed by atoms with Gasteiger partial charge in [-0.3, -0.25) is 0 Å². The van der Waals surface area contributed by atoms with Crippen molar-refractivity contribution in [3.63, 3.8) is 0 Å². The summed E-state index contributed by atoms with van der Waals surface area (Å²) in [6.45, 7) is 3.17. The number of ether oxygens (including phenoxy) is 1. The van der Waals surface area contributed by atoms with Gasteiger partial charge in [0, 0.05) is 11.6 Å². The normalized spacial score (nSPS) is 25.5. The van der Waals surface area contributed by atoms with E-state index in [4.69, 9.17) is 4.74 Å². The molecule has 0 unspecified atom stereocenters. The molecule has 0 radical (unpaired) electrons. The average molecular weight is 209 g/mol. The molecule has 1 heterocycles. The molecule has 1 fully saturated rings. The van der Waals surface area contributed by atoms with E-state index in [0.717, 1.165) is 18.5 Å². The van der Waals surface area contributed by atoms with Crippen LogP contribution in [-0.4, -0.2) is 13.7 Å². The lowest BCUT2D eigenvalue weighted by atomic mass is 9.95. The van der Waals surface area contributed by atoms with Crippen LogP contribution in [0.3, 0.4) is 0 Å². The van der Waals surface area contributed by atoms with Gasteiger partial charge >= 0.3 is 0 Å². The predicted octanol–water partition coefficient (Wildman–Crippen LogP) is 2.50. The van der Waals surface area contributed by atoms with Gasteiger partial charge in [-0.25, -0.2) is 4.39 Å². The minimum absolute atomic E-state index is 0.218. The summed E-state index contributed by atoms with van der Waals surface area (Å²) in [5.41, 5.74) is 0.933. The monoisotopic (exact) mass is 209 g/mol. The van der Waals surface area contributed by atoms with Crippen LogP contribution in [0.4, 0.5) is 4.39 Å². The molecule has 0 aliphatic carbocycles. The van der Waals surface area contributed by atoms with Crippen molar-refractivity contribution in [2.24, 2.45) is 5.92 Å². The Morgan fingerprint density at radius 3 is 2.87 bits per heavy atom. The number of hydrogen-bond donors (Lipinski definition) is 1. The molecule has 0 aromatic heterocycles. The molecule has 3 heteroatoms. The zero-order valence-electron chi connectivity index (χ0n) is 9.09. The molecule has 82 valence electrons. The first-order valence-electron chi connectivity index (χ1n) is 5.30. The van der Waals surface area contributed by atoms with E-state index < -0.39 is 0 Å². The topological polar surface area (TPSA) is 21.3 Å². The van der Waals surface area contributed by atoms with Gasteiger partial charge in [-0.1, -0.05) is 19.1 Å². The second kappa shape index (κ2) is 4.19. The van der Waals surface area contributed by atoms with Crippen molar-refractivity contribution in [2.75, 3.05) is 13.7 Å². The van der Waals surface area contributed by atoms with Crippen molar-refractivity contribution in [1.82, 2.24) is 5.32 Å². The lowest BCUT2D eigenvalue weighted by Crippen LogP contribution is -2.17. The Morgan fingerprint density at radius 1 is 1.47 bits per heavy atom. The highest BCUT2D eigenvalue weighted by Gasteiger charge is 2.27. The summed E-state index contributed by atoms with van der Waals surface area (Å²) in [6, 6.07) is 5.32. The van der Waals surface area contributed by atoms with E-state index in [2.05, 4.69) is 12.2 Å². The molecule has 1 aromatic rings. The minimum atomic E-state index is -0.282. The quantitative estimate of drug-likeness (QED) is 0.808. The molecule has 0 spiro atoms. The van der Waals surface area contributed by atoms with Crippen LogP contribution >= 0.6 is 0 Å². The molecule has 0 bridgehead atoms. The van der Waals surface area contributed by atoms with E-state index in [-0.39, 0.29) is 11.9 Å². The fraction of sp³-hybridized carbons (Fsp3) is 0.500. The summed E-state index contributed by atoms with van der Waals surface area (Å²) in [6.07, 6.45) is 1.13. The molecule has 1 aromatic carbocycles. The van der Waals surface area contributed by atoms with Gasteiger partial charge in [-0.15, -0.1) is 0 Å². The summed E-state index contributed by atoms with van der Waals surface area (Å²) in [5.74, 6) is 0.625. The fourth-order valence-electron chi connectivity index (χ4n) is 2.24. The Labute approximate surface area is 89.4 Å². The van der Waals surface area contributed by atoms with Crippen molar-refractivity contribution < 1.29 is 9.13 Å². The molecule has 1 aliphatic rings. The average Bonchev–Trinajstić information content (AvgIpc) is 2.64. The van der Waals surface area contributed by atoms with E-state index in [1.807, 2.05) is 6.07 Å². The van der Waals surface area contributed by atoms with Gasteiger partial charge in [0.2, 0.25) is 0 Å². The third-order valence-corrected chi connectivity index (χ3v) is 3.07. The Kier molecular flexibility index (Phi) is 2.91. The van der Waals surface area contributed by atoms with Crippen molar-refractivity contribution in [3.05, 3.63) is 29.6 Å². The molecule has 2 atom stereocenters. The van der Waals surface area contributed by atoms with E-state index in [1.54, 1.807) is 6.07 Å². The zero-order valence-corrected chi connectivity index (χ0v) is 9.09. The second-order valence-corrected chi connectivity index (χ2v) is 4.06. The largest absolute Gasteiger partial charge is 0.493 e. The molecule has 1 aliphatic heterocycles. The lowest BCUT2D eigenvalue weighted by molar-refractivity contribution is 0.369. The van der Waals surface area contributed by atoms with E-state index >= 15 is 0 Å². The maximum Gasteiger partial charge on any atom is 0.165 e. The molecule has 2 rings (SSSR count). The first-order chi connectivity index (χ1) is 7.24. The van der Waals surface area contributed by atoms with Crippen LogP contribution in [-0.2, 0) is 0 Å². The number of para-hydroxylation sites is 1. The van der Waals surface area contributed by atoms with Crippen molar-refractivity contribution in [1.29, 1.82) is 0 Å². The van der Waals surface area contributed by atoms with E-state index in [9.17, 15) is 4.39 Å². The van der Waals surface area contributed by atoms with Gasteiger partial charge in [-0.2, -0.15) is 0 Å². The highest BCUT2D eigenvalue weighted by atomic mass is 19.1.